The molecule has 0 bridgehead atoms. The molecule has 0 saturated heterocycles. The third kappa shape index (κ3) is 3.70. The van der Waals surface area contributed by atoms with Crippen molar-refractivity contribution in [2.24, 2.45) is 5.41 Å². The number of aliphatic hydroxyl groups excluding tert-OH is 1. The van der Waals surface area contributed by atoms with Crippen molar-refractivity contribution >= 4 is 11.6 Å². The highest BCUT2D eigenvalue weighted by Crippen LogP contribution is 2.24. The minimum absolute atomic E-state index is 0.0645. The highest BCUT2D eigenvalue weighted by Gasteiger charge is 2.24. The van der Waals surface area contributed by atoms with Crippen molar-refractivity contribution in [3.05, 3.63) is 18.2 Å². The molecule has 0 fully saturated rings. The molecule has 1 rings (SSSR count). The summed E-state index contributed by atoms with van der Waals surface area (Å²) < 4.78 is 0. The monoisotopic (exact) mass is 223 g/mol. The zero-order valence-corrected chi connectivity index (χ0v) is 10.2. The number of aliphatic hydroxyl groups is 1. The van der Waals surface area contributed by atoms with Crippen LogP contribution in [0.25, 0.3) is 0 Å². The van der Waals surface area contributed by atoms with E-state index in [1.54, 1.807) is 6.07 Å². The van der Waals surface area contributed by atoms with Gasteiger partial charge in [0.2, 0.25) is 0 Å². The number of aromatic nitrogens is 1. The molecule has 0 aliphatic rings. The number of hydrogen-bond donors (Lipinski definition) is 3. The Morgan fingerprint density at radius 3 is 2.62 bits per heavy atom. The van der Waals surface area contributed by atoms with Crippen LogP contribution in [0, 0.1) is 5.41 Å². The van der Waals surface area contributed by atoms with Crippen molar-refractivity contribution in [1.82, 2.24) is 4.98 Å². The fourth-order valence-electron chi connectivity index (χ4n) is 1.56. The molecule has 1 aromatic rings. The Morgan fingerprint density at radius 1 is 1.44 bits per heavy atom. The third-order valence-electron chi connectivity index (χ3n) is 2.56. The van der Waals surface area contributed by atoms with Crippen LogP contribution in [-0.2, 0) is 0 Å². The van der Waals surface area contributed by atoms with Crippen molar-refractivity contribution < 1.29 is 5.11 Å². The molecule has 0 aromatic carbocycles. The van der Waals surface area contributed by atoms with E-state index < -0.39 is 0 Å². The highest BCUT2D eigenvalue weighted by atomic mass is 16.3. The van der Waals surface area contributed by atoms with Gasteiger partial charge in [0.05, 0.1) is 0 Å². The second-order valence-corrected chi connectivity index (χ2v) is 5.02. The summed E-state index contributed by atoms with van der Waals surface area (Å²) in [4.78, 5) is 4.19. The number of rotatable bonds is 4. The lowest BCUT2D eigenvalue weighted by Gasteiger charge is -2.31. The van der Waals surface area contributed by atoms with Gasteiger partial charge in [-0.1, -0.05) is 26.8 Å². The van der Waals surface area contributed by atoms with Crippen LogP contribution in [0.1, 0.15) is 27.2 Å². The molecule has 0 aliphatic heterocycles. The topological polar surface area (TPSA) is 71.2 Å². The van der Waals surface area contributed by atoms with Crippen molar-refractivity contribution in [2.45, 2.75) is 33.2 Å². The lowest BCUT2D eigenvalue weighted by molar-refractivity contribution is 0.235. The molecule has 4 nitrogen and oxygen atoms in total. The number of pyridine rings is 1. The van der Waals surface area contributed by atoms with Crippen molar-refractivity contribution in [3.63, 3.8) is 0 Å². The Bertz CT molecular complexity index is 333. The first kappa shape index (κ1) is 12.8. The van der Waals surface area contributed by atoms with Crippen LogP contribution in [0.4, 0.5) is 11.6 Å². The van der Waals surface area contributed by atoms with E-state index in [2.05, 4.69) is 31.1 Å². The molecule has 90 valence electrons. The van der Waals surface area contributed by atoms with Crippen LogP contribution < -0.4 is 11.1 Å². The van der Waals surface area contributed by atoms with E-state index >= 15 is 0 Å². The van der Waals surface area contributed by atoms with Crippen molar-refractivity contribution in [2.75, 3.05) is 17.7 Å². The number of nitrogen functional groups attached to an aromatic ring is 1. The molecule has 0 saturated carbocycles. The molecule has 0 aliphatic carbocycles. The molecule has 1 unspecified atom stereocenters. The maximum atomic E-state index is 9.05. The maximum Gasteiger partial charge on any atom is 0.128 e. The highest BCUT2D eigenvalue weighted by molar-refractivity contribution is 5.43. The van der Waals surface area contributed by atoms with Gasteiger partial charge in [0, 0.05) is 12.6 Å². The van der Waals surface area contributed by atoms with Crippen LogP contribution in [0.15, 0.2) is 18.2 Å². The zero-order valence-electron chi connectivity index (χ0n) is 10.2. The fraction of sp³-hybridized carbons (Fsp3) is 0.583. The largest absolute Gasteiger partial charge is 0.396 e. The fourth-order valence-corrected chi connectivity index (χ4v) is 1.56. The molecular weight excluding hydrogens is 202 g/mol. The molecule has 0 radical (unpaired) electrons. The van der Waals surface area contributed by atoms with Gasteiger partial charge in [0.15, 0.2) is 0 Å². The lowest BCUT2D eigenvalue weighted by atomic mass is 9.85. The molecule has 4 N–H and O–H groups in total. The summed E-state index contributed by atoms with van der Waals surface area (Å²) in [6, 6.07) is 5.67. The van der Waals surface area contributed by atoms with Gasteiger partial charge in [0.1, 0.15) is 11.6 Å². The van der Waals surface area contributed by atoms with Gasteiger partial charge in [-0.2, -0.15) is 0 Å². The van der Waals surface area contributed by atoms with E-state index in [0.29, 0.717) is 12.2 Å². The number of nitrogens with two attached hydrogens (primary N) is 1. The molecular formula is C12H21N3O. The van der Waals surface area contributed by atoms with Crippen molar-refractivity contribution in [3.8, 4) is 0 Å². The summed E-state index contributed by atoms with van der Waals surface area (Å²) >= 11 is 0. The van der Waals surface area contributed by atoms with Gasteiger partial charge in [-0.25, -0.2) is 4.98 Å². The second kappa shape index (κ2) is 5.16. The van der Waals surface area contributed by atoms with Gasteiger partial charge in [0.25, 0.3) is 0 Å². The Morgan fingerprint density at radius 2 is 2.12 bits per heavy atom. The molecule has 1 heterocycles. The van der Waals surface area contributed by atoms with Crippen LogP contribution in [0.3, 0.4) is 0 Å². The predicted octanol–water partition coefficient (Wildman–Crippen LogP) is 1.87. The zero-order chi connectivity index (χ0) is 12.2. The first-order valence-corrected chi connectivity index (χ1v) is 5.53. The van der Waals surface area contributed by atoms with E-state index in [4.69, 9.17) is 10.8 Å². The standard InChI is InChI=1S/C12H21N3O/c1-12(2,3)9(7-8-16)14-11-6-4-5-10(13)15-11/h4-6,9,16H,7-8H2,1-3H3,(H3,13,14,15). The summed E-state index contributed by atoms with van der Waals surface area (Å²) in [5.74, 6) is 1.26. The van der Waals surface area contributed by atoms with E-state index in [-0.39, 0.29) is 18.1 Å². The normalized spacial score (nSPS) is 13.5. The average Bonchev–Trinajstić information content (AvgIpc) is 2.16. The molecule has 0 spiro atoms. The maximum absolute atomic E-state index is 9.05. The van der Waals surface area contributed by atoms with Crippen LogP contribution in [0.5, 0.6) is 0 Å². The molecule has 0 amide bonds. The van der Waals surface area contributed by atoms with E-state index in [9.17, 15) is 0 Å². The van der Waals surface area contributed by atoms with E-state index in [1.165, 1.54) is 0 Å². The molecule has 16 heavy (non-hydrogen) atoms. The van der Waals surface area contributed by atoms with Gasteiger partial charge >= 0.3 is 0 Å². The van der Waals surface area contributed by atoms with E-state index in [1.807, 2.05) is 12.1 Å². The van der Waals surface area contributed by atoms with Gasteiger partial charge in [-0.05, 0) is 24.0 Å². The minimum atomic E-state index is 0.0645. The molecule has 1 aromatic heterocycles. The number of nitrogens with one attached hydrogen (secondary N) is 1. The van der Waals surface area contributed by atoms with E-state index in [0.717, 1.165) is 5.82 Å². The van der Waals surface area contributed by atoms with Crippen LogP contribution in [-0.4, -0.2) is 22.7 Å². The molecule has 4 heteroatoms. The Balaban J connectivity index is 2.76. The summed E-state index contributed by atoms with van der Waals surface area (Å²) in [7, 11) is 0. The number of anilines is 2. The molecule has 1 atom stereocenters. The number of nitrogens with zero attached hydrogens (tertiary/aromatic N) is 1. The van der Waals surface area contributed by atoms with Gasteiger partial charge < -0.3 is 16.2 Å². The van der Waals surface area contributed by atoms with Crippen molar-refractivity contribution in [1.29, 1.82) is 0 Å². The Labute approximate surface area is 96.9 Å². The average molecular weight is 223 g/mol. The Kier molecular flexibility index (Phi) is 4.12. The third-order valence-corrected chi connectivity index (χ3v) is 2.56. The summed E-state index contributed by atoms with van der Waals surface area (Å²) in [6.45, 7) is 6.56. The first-order chi connectivity index (χ1) is 7.43. The minimum Gasteiger partial charge on any atom is -0.396 e. The SMILES string of the molecule is CC(C)(C)C(CCO)Nc1cccc(N)n1. The predicted molar refractivity (Wildman–Crippen MR) is 67.2 cm³/mol. The van der Waals surface area contributed by atoms with Gasteiger partial charge in [-0.3, -0.25) is 0 Å². The number of hydrogen-bond acceptors (Lipinski definition) is 4. The quantitative estimate of drug-likeness (QED) is 0.728. The summed E-state index contributed by atoms with van der Waals surface area (Å²) in [5.41, 5.74) is 5.68. The van der Waals surface area contributed by atoms with Crippen LogP contribution in [0.2, 0.25) is 0 Å². The van der Waals surface area contributed by atoms with Crippen LogP contribution >= 0.6 is 0 Å². The van der Waals surface area contributed by atoms with Gasteiger partial charge in [-0.15, -0.1) is 0 Å². The summed E-state index contributed by atoms with van der Waals surface area (Å²) in [5, 5.41) is 12.4. The first-order valence-electron chi connectivity index (χ1n) is 5.53. The smallest absolute Gasteiger partial charge is 0.128 e. The summed E-state index contributed by atoms with van der Waals surface area (Å²) in [6.07, 6.45) is 0.694. The lowest BCUT2D eigenvalue weighted by Crippen LogP contribution is -2.35. The Hall–Kier alpha value is -1.29. The second-order valence-electron chi connectivity index (χ2n) is 5.02.